The first-order valence-electron chi connectivity index (χ1n) is 4.90. The first-order chi connectivity index (χ1) is 7.79. The molecule has 0 aliphatic rings. The van der Waals surface area contributed by atoms with Gasteiger partial charge in [-0.2, -0.15) is 0 Å². The van der Waals surface area contributed by atoms with Gasteiger partial charge in [-0.3, -0.25) is 4.79 Å². The van der Waals surface area contributed by atoms with Crippen LogP contribution in [0.1, 0.15) is 34.6 Å². The molecule has 19 heavy (non-hydrogen) atoms. The normalized spacial score (nSPS) is 10.8. The van der Waals surface area contributed by atoms with Gasteiger partial charge < -0.3 is 15.3 Å². The summed E-state index contributed by atoms with van der Waals surface area (Å²) >= 11 is 7.39. The molecule has 0 aliphatic carbocycles. The van der Waals surface area contributed by atoms with Crippen LogP contribution in [-0.2, 0) is 47.2 Å². The number of hydrogen-bond donors (Lipinski definition) is 0. The second-order valence-electron chi connectivity index (χ2n) is 4.50. The summed E-state index contributed by atoms with van der Waals surface area (Å²) in [6.45, 7) is 7.86. The van der Waals surface area contributed by atoms with Crippen LogP contribution < -0.4 is 0 Å². The Morgan fingerprint density at radius 1 is 1.16 bits per heavy atom. The number of hydrogen-bond acceptors (Lipinski definition) is 3. The number of carbonyl (C=O) groups is 2. The number of carbonyl (C=O) groups excluding carboxylic acids is 2. The minimum Gasteiger partial charge on any atom is 0 e. The molecule has 0 aromatic rings. The molecule has 0 amide bonds. The van der Waals surface area contributed by atoms with Crippen LogP contribution in [0.4, 0.5) is 4.79 Å². The third-order valence-electron chi connectivity index (χ3n) is 2.18. The summed E-state index contributed by atoms with van der Waals surface area (Å²) in [5, 5.41) is 0. The van der Waals surface area contributed by atoms with Crippen LogP contribution in [0, 0.1) is 0 Å². The first-order valence-corrected chi connectivity index (χ1v) is 18.4. The molecule has 0 aromatic heterocycles. The second-order valence-corrected chi connectivity index (χ2v) is 39.9. The Balaban J connectivity index is -0.000000448. The van der Waals surface area contributed by atoms with E-state index in [4.69, 9.17) is 10.5 Å². The van der Waals surface area contributed by atoms with Crippen LogP contribution in [-0.4, -0.2) is 30.0 Å². The van der Waals surface area contributed by atoms with Crippen molar-refractivity contribution >= 4 is 78.8 Å². The third kappa shape index (κ3) is 17.2. The van der Waals surface area contributed by atoms with Crippen LogP contribution in [0.15, 0.2) is 0 Å². The molecular weight excluding hydrogens is 701 g/mol. The molecule has 0 aliphatic heterocycles. The summed E-state index contributed by atoms with van der Waals surface area (Å²) in [5.74, 6) is -0.692. The maximum atomic E-state index is 11.1. The summed E-state index contributed by atoms with van der Waals surface area (Å²) in [5.41, 5.74) is 5.55. The van der Waals surface area contributed by atoms with Crippen molar-refractivity contribution in [2.75, 3.05) is 0 Å². The van der Waals surface area contributed by atoms with Crippen molar-refractivity contribution in [2.45, 2.75) is 45.8 Å². The molecule has 0 aromatic carbocycles. The molecule has 108 valence electrons. The fourth-order valence-corrected chi connectivity index (χ4v) is 0.574. The summed E-state index contributed by atoms with van der Waals surface area (Å²) in [7, 11) is 0.882. The fourth-order valence-electron chi connectivity index (χ4n) is 0.574. The number of nitrogens with one attached hydrogen (secondary N) is 1. The summed E-state index contributed by atoms with van der Waals surface area (Å²) < 4.78 is 5.01. The van der Waals surface area contributed by atoms with Gasteiger partial charge in [0.2, 0.25) is 0 Å². The van der Waals surface area contributed by atoms with Crippen LogP contribution >= 0.6 is 59.9 Å². The van der Waals surface area contributed by atoms with E-state index in [1.165, 1.54) is 6.92 Å². The predicted octanol–water partition coefficient (Wildman–Crippen LogP) is 4.64. The topological polar surface area (TPSA) is 67.2 Å². The van der Waals surface area contributed by atoms with Crippen molar-refractivity contribution in [3.05, 3.63) is 5.73 Å². The van der Waals surface area contributed by atoms with Gasteiger partial charge in [-0.15, -0.1) is 0 Å². The van der Waals surface area contributed by atoms with E-state index in [9.17, 15) is 9.59 Å². The minimum atomic E-state index is -0.921. The standard InChI is InChI=1S/C9H16BNO3.3HI.V.Y/c1-6(12)10-7(13)14-9(4,5)8(2,3)11;;;;;/h11H,1-5H3;3*1H;;/q-1;;;;+3;/p-3. The average Bonchev–Trinajstić information content (AvgIpc) is 1.95. The quantitative estimate of drug-likeness (QED) is 0.315. The number of ether oxygens (including phenoxy) is 1. The number of rotatable bonds is 4. The molecule has 2 radical (unpaired) electrons. The zero-order valence-electron chi connectivity index (χ0n) is 11.5. The summed E-state index contributed by atoms with van der Waals surface area (Å²) in [6.07, 6.45) is 0. The van der Waals surface area contributed by atoms with E-state index < -0.39 is 17.0 Å². The van der Waals surface area contributed by atoms with Gasteiger partial charge in [-0.1, -0.05) is 19.4 Å². The van der Waals surface area contributed by atoms with Gasteiger partial charge in [-0.05, 0) is 20.8 Å². The zero-order chi connectivity index (χ0) is 15.1. The molecule has 0 unspecified atom stereocenters. The average molecular weight is 718 g/mol. The molecule has 0 bridgehead atoms. The Morgan fingerprint density at radius 3 is 1.68 bits per heavy atom. The third-order valence-corrected chi connectivity index (χ3v) is 2.18. The van der Waals surface area contributed by atoms with Crippen LogP contribution in [0.25, 0.3) is 5.73 Å². The van der Waals surface area contributed by atoms with Crippen LogP contribution in [0.3, 0.4) is 0 Å². The van der Waals surface area contributed by atoms with Gasteiger partial charge in [-0.25, -0.2) is 0 Å². The van der Waals surface area contributed by atoms with Crippen LogP contribution in [0.2, 0.25) is 0 Å². The Kier molecular flexibility index (Phi) is 17.7. The minimum absolute atomic E-state index is 0. The smallest absolute Gasteiger partial charge is 0 e. The zero-order valence-corrected chi connectivity index (χ0v) is 22.2. The maximum Gasteiger partial charge on any atom is 0 e. The summed E-state index contributed by atoms with van der Waals surface area (Å²) in [6, 6.07) is 0. The van der Waals surface area contributed by atoms with E-state index in [-0.39, 0.29) is 43.3 Å². The second kappa shape index (κ2) is 12.5. The Labute approximate surface area is 179 Å². The van der Waals surface area contributed by atoms with E-state index >= 15 is 0 Å². The Morgan fingerprint density at radius 2 is 1.47 bits per heavy atom. The largest absolute Gasteiger partial charge is 0 e. The number of halogens is 3. The molecule has 0 saturated heterocycles. The molecular formula is C9H16BI3NO3VY-. The maximum absolute atomic E-state index is 11.1. The van der Waals surface area contributed by atoms with Crippen molar-refractivity contribution < 1.29 is 52.0 Å². The predicted molar refractivity (Wildman–Crippen MR) is 97.5 cm³/mol. The van der Waals surface area contributed by atoms with Gasteiger partial charge in [0, 0.05) is 32.7 Å². The van der Waals surface area contributed by atoms with Crippen molar-refractivity contribution in [3.63, 3.8) is 0 Å². The fraction of sp³-hybridized carbons (Fsp3) is 0.778. The molecule has 1 N–H and O–H groups in total. The molecule has 10 heteroatoms. The SMILES string of the molecule is CC(=O)[B]C(=O)OC(C)(C)C(C)(C)[NH-].[I][V]([I])[I].[Y]. The van der Waals surface area contributed by atoms with Crippen LogP contribution in [0.5, 0.6) is 0 Å². The molecule has 4 nitrogen and oxygen atoms in total. The monoisotopic (exact) mass is 718 g/mol. The van der Waals surface area contributed by atoms with Crippen molar-refractivity contribution in [2.24, 2.45) is 0 Å². The first kappa shape index (κ1) is 26.9. The van der Waals surface area contributed by atoms with Crippen molar-refractivity contribution in [1.29, 1.82) is 0 Å². The van der Waals surface area contributed by atoms with Crippen molar-refractivity contribution in [1.82, 2.24) is 0 Å². The molecule has 0 saturated carbocycles. The molecule has 0 heterocycles. The Hall–Kier alpha value is 3.04. The molecule has 0 rings (SSSR count). The van der Waals surface area contributed by atoms with Gasteiger partial charge >= 0.3 is 72.1 Å². The van der Waals surface area contributed by atoms with Gasteiger partial charge in [0.15, 0.2) is 0 Å². The van der Waals surface area contributed by atoms with Gasteiger partial charge in [0.05, 0.1) is 11.3 Å². The van der Waals surface area contributed by atoms with E-state index in [1.807, 2.05) is 0 Å². The van der Waals surface area contributed by atoms with E-state index in [2.05, 4.69) is 59.9 Å². The Bertz CT molecular complexity index is 298. The van der Waals surface area contributed by atoms with E-state index in [0.29, 0.717) is 0 Å². The van der Waals surface area contributed by atoms with E-state index in [0.717, 1.165) is 7.28 Å². The van der Waals surface area contributed by atoms with Gasteiger partial charge in [0.1, 0.15) is 0 Å². The molecule has 0 fully saturated rings. The molecule has 0 spiro atoms. The molecule has 0 atom stereocenters. The van der Waals surface area contributed by atoms with E-state index in [1.54, 1.807) is 27.7 Å². The summed E-state index contributed by atoms with van der Waals surface area (Å²) in [4.78, 5) is 21.4. The van der Waals surface area contributed by atoms with Gasteiger partial charge in [0.25, 0.3) is 5.87 Å². The van der Waals surface area contributed by atoms with Crippen molar-refractivity contribution in [3.8, 4) is 0 Å².